The molecule has 0 fully saturated rings. The predicted octanol–water partition coefficient (Wildman–Crippen LogP) is 1.78. The summed E-state index contributed by atoms with van der Waals surface area (Å²) in [5.41, 5.74) is 1.85. The topological polar surface area (TPSA) is 59.6 Å². The molecule has 1 heterocycles. The lowest BCUT2D eigenvalue weighted by molar-refractivity contribution is -0.118. The molecule has 0 aromatic heterocycles. The van der Waals surface area contributed by atoms with Crippen molar-refractivity contribution in [1.82, 2.24) is 5.32 Å². The highest BCUT2D eigenvalue weighted by molar-refractivity contribution is 5.95. The SMILES string of the molecule is COCC(NCc1ccc2c(c1)NC(=O)CO2)C(C)C. The van der Waals surface area contributed by atoms with E-state index in [2.05, 4.69) is 24.5 Å². The molecule has 5 nitrogen and oxygen atoms in total. The fourth-order valence-corrected chi connectivity index (χ4v) is 2.16. The molecule has 110 valence electrons. The molecule has 2 N–H and O–H groups in total. The number of nitrogens with one attached hydrogen (secondary N) is 2. The molecule has 0 spiro atoms. The molecule has 5 heteroatoms. The van der Waals surface area contributed by atoms with E-state index in [4.69, 9.17) is 9.47 Å². The van der Waals surface area contributed by atoms with Crippen LogP contribution in [0.4, 0.5) is 5.69 Å². The first kappa shape index (κ1) is 14.8. The van der Waals surface area contributed by atoms with Gasteiger partial charge in [0.05, 0.1) is 12.3 Å². The maximum absolute atomic E-state index is 11.3. The van der Waals surface area contributed by atoms with Gasteiger partial charge in [-0.2, -0.15) is 0 Å². The van der Waals surface area contributed by atoms with Gasteiger partial charge < -0.3 is 20.1 Å². The molecule has 0 saturated heterocycles. The third-order valence-electron chi connectivity index (χ3n) is 3.40. The Labute approximate surface area is 119 Å². The quantitative estimate of drug-likeness (QED) is 0.832. The smallest absolute Gasteiger partial charge is 0.262 e. The van der Waals surface area contributed by atoms with Gasteiger partial charge >= 0.3 is 0 Å². The number of carbonyl (C=O) groups excluding carboxylic acids is 1. The van der Waals surface area contributed by atoms with Crippen molar-refractivity contribution in [3.8, 4) is 5.75 Å². The van der Waals surface area contributed by atoms with Gasteiger partial charge in [0.1, 0.15) is 5.75 Å². The lowest BCUT2D eigenvalue weighted by Gasteiger charge is -2.22. The Kier molecular flexibility index (Phi) is 4.98. The molecule has 0 bridgehead atoms. The molecule has 1 amide bonds. The Balaban J connectivity index is 1.99. The van der Waals surface area contributed by atoms with Crippen LogP contribution in [0, 0.1) is 5.92 Å². The van der Waals surface area contributed by atoms with Gasteiger partial charge in [0, 0.05) is 19.7 Å². The van der Waals surface area contributed by atoms with E-state index in [1.807, 2.05) is 18.2 Å². The van der Waals surface area contributed by atoms with Crippen molar-refractivity contribution < 1.29 is 14.3 Å². The lowest BCUT2D eigenvalue weighted by Crippen LogP contribution is -2.37. The van der Waals surface area contributed by atoms with Crippen LogP contribution >= 0.6 is 0 Å². The second-order valence-electron chi connectivity index (χ2n) is 5.35. The standard InChI is InChI=1S/C15H22N2O3/c1-10(2)13(8-19-3)16-7-11-4-5-14-12(6-11)17-15(18)9-20-14/h4-6,10,13,16H,7-9H2,1-3H3,(H,17,18). The summed E-state index contributed by atoms with van der Waals surface area (Å²) in [4.78, 5) is 11.3. The second-order valence-corrected chi connectivity index (χ2v) is 5.35. The summed E-state index contributed by atoms with van der Waals surface area (Å²) in [6.45, 7) is 5.83. The van der Waals surface area contributed by atoms with Crippen LogP contribution in [0.25, 0.3) is 0 Å². The van der Waals surface area contributed by atoms with Crippen molar-refractivity contribution in [1.29, 1.82) is 0 Å². The summed E-state index contributed by atoms with van der Waals surface area (Å²) in [7, 11) is 1.71. The third-order valence-corrected chi connectivity index (χ3v) is 3.40. The summed E-state index contributed by atoms with van der Waals surface area (Å²) >= 11 is 0. The minimum Gasteiger partial charge on any atom is -0.482 e. The first-order valence-corrected chi connectivity index (χ1v) is 6.88. The van der Waals surface area contributed by atoms with Gasteiger partial charge in [-0.3, -0.25) is 4.79 Å². The van der Waals surface area contributed by atoms with Gasteiger partial charge in [0.25, 0.3) is 5.91 Å². The van der Waals surface area contributed by atoms with E-state index in [9.17, 15) is 4.79 Å². The molecule has 0 radical (unpaired) electrons. The number of hydrogen-bond donors (Lipinski definition) is 2. The van der Waals surface area contributed by atoms with Crippen LogP contribution < -0.4 is 15.4 Å². The molecule has 1 atom stereocenters. The summed E-state index contributed by atoms with van der Waals surface area (Å²) in [6.07, 6.45) is 0. The van der Waals surface area contributed by atoms with Crippen molar-refractivity contribution in [3.63, 3.8) is 0 Å². The molecule has 2 rings (SSSR count). The first-order chi connectivity index (χ1) is 9.60. The summed E-state index contributed by atoms with van der Waals surface area (Å²) in [6, 6.07) is 6.16. The zero-order valence-electron chi connectivity index (χ0n) is 12.2. The van der Waals surface area contributed by atoms with Crippen LogP contribution in [-0.2, 0) is 16.1 Å². The molecule has 20 heavy (non-hydrogen) atoms. The van der Waals surface area contributed by atoms with Crippen molar-refractivity contribution in [3.05, 3.63) is 23.8 Å². The molecular weight excluding hydrogens is 256 g/mol. The second kappa shape index (κ2) is 6.72. The number of methoxy groups -OCH3 is 1. The minimum absolute atomic E-state index is 0.0911. The maximum atomic E-state index is 11.3. The number of anilines is 1. The number of rotatable bonds is 6. The highest BCUT2D eigenvalue weighted by atomic mass is 16.5. The van der Waals surface area contributed by atoms with E-state index >= 15 is 0 Å². The van der Waals surface area contributed by atoms with Crippen LogP contribution in [0.5, 0.6) is 5.75 Å². The Morgan fingerprint density at radius 3 is 2.95 bits per heavy atom. The van der Waals surface area contributed by atoms with Crippen LogP contribution in [0.15, 0.2) is 18.2 Å². The van der Waals surface area contributed by atoms with Gasteiger partial charge in [-0.25, -0.2) is 0 Å². The fourth-order valence-electron chi connectivity index (χ4n) is 2.16. The zero-order valence-corrected chi connectivity index (χ0v) is 12.2. The first-order valence-electron chi connectivity index (χ1n) is 6.88. The molecule has 0 aliphatic carbocycles. The number of ether oxygens (including phenoxy) is 2. The fraction of sp³-hybridized carbons (Fsp3) is 0.533. The predicted molar refractivity (Wildman–Crippen MR) is 77.9 cm³/mol. The van der Waals surface area contributed by atoms with E-state index in [1.165, 1.54) is 0 Å². The van der Waals surface area contributed by atoms with Crippen LogP contribution in [0.2, 0.25) is 0 Å². The zero-order chi connectivity index (χ0) is 14.5. The normalized spacial score (nSPS) is 15.5. The van der Waals surface area contributed by atoms with E-state index in [0.717, 1.165) is 23.5 Å². The Morgan fingerprint density at radius 1 is 1.45 bits per heavy atom. The number of carbonyl (C=O) groups is 1. The van der Waals surface area contributed by atoms with Crippen molar-refractivity contribution >= 4 is 11.6 Å². The van der Waals surface area contributed by atoms with Gasteiger partial charge in [-0.15, -0.1) is 0 Å². The molecule has 0 saturated carbocycles. The van der Waals surface area contributed by atoms with E-state index < -0.39 is 0 Å². The number of benzene rings is 1. The Morgan fingerprint density at radius 2 is 2.25 bits per heavy atom. The van der Waals surface area contributed by atoms with E-state index in [0.29, 0.717) is 18.6 Å². The van der Waals surface area contributed by atoms with Crippen molar-refractivity contribution in [2.24, 2.45) is 5.92 Å². The highest BCUT2D eigenvalue weighted by Crippen LogP contribution is 2.28. The number of hydrogen-bond acceptors (Lipinski definition) is 4. The Bertz CT molecular complexity index is 474. The van der Waals surface area contributed by atoms with Gasteiger partial charge in [-0.1, -0.05) is 19.9 Å². The van der Waals surface area contributed by atoms with Crippen molar-refractivity contribution in [2.45, 2.75) is 26.4 Å². The van der Waals surface area contributed by atoms with Gasteiger partial charge in [-0.05, 0) is 23.6 Å². The van der Waals surface area contributed by atoms with E-state index in [1.54, 1.807) is 7.11 Å². The minimum atomic E-state index is -0.109. The monoisotopic (exact) mass is 278 g/mol. The van der Waals surface area contributed by atoms with Crippen molar-refractivity contribution in [2.75, 3.05) is 25.6 Å². The maximum Gasteiger partial charge on any atom is 0.262 e. The van der Waals surface area contributed by atoms with E-state index in [-0.39, 0.29) is 12.5 Å². The van der Waals surface area contributed by atoms with Crippen LogP contribution in [-0.4, -0.2) is 32.3 Å². The highest BCUT2D eigenvalue weighted by Gasteiger charge is 2.17. The van der Waals surface area contributed by atoms with Gasteiger partial charge in [0.15, 0.2) is 6.61 Å². The average molecular weight is 278 g/mol. The number of amides is 1. The molecular formula is C15H22N2O3. The summed E-state index contributed by atoms with van der Waals surface area (Å²) in [5.74, 6) is 1.11. The van der Waals surface area contributed by atoms with Crippen LogP contribution in [0.1, 0.15) is 19.4 Å². The average Bonchev–Trinajstić information content (AvgIpc) is 2.42. The molecule has 1 aliphatic rings. The molecule has 1 aromatic rings. The molecule has 1 aliphatic heterocycles. The van der Waals surface area contributed by atoms with Crippen LogP contribution in [0.3, 0.4) is 0 Å². The lowest BCUT2D eigenvalue weighted by atomic mass is 10.0. The van der Waals surface area contributed by atoms with Gasteiger partial charge in [0.2, 0.25) is 0 Å². The Hall–Kier alpha value is -1.59. The largest absolute Gasteiger partial charge is 0.482 e. The number of fused-ring (bicyclic) bond motifs is 1. The molecule has 1 unspecified atom stereocenters. The third kappa shape index (κ3) is 3.71. The summed E-state index contributed by atoms with van der Waals surface area (Å²) in [5, 5.41) is 6.30. The molecule has 1 aromatic carbocycles. The summed E-state index contributed by atoms with van der Waals surface area (Å²) < 4.78 is 10.6.